The summed E-state index contributed by atoms with van der Waals surface area (Å²) >= 11 is 2.03. The highest BCUT2D eigenvalue weighted by atomic mass is 32.1. The molecule has 0 radical (unpaired) electrons. The second-order valence-electron chi connectivity index (χ2n) is 5.74. The molecule has 1 aromatic heterocycles. The molecule has 0 unspecified atom stereocenters. The van der Waals surface area contributed by atoms with Gasteiger partial charge in [-0.3, -0.25) is 4.90 Å². The fourth-order valence-corrected chi connectivity index (χ4v) is 3.82. The molecule has 0 spiro atoms. The van der Waals surface area contributed by atoms with Gasteiger partial charge in [-0.25, -0.2) is 0 Å². The van der Waals surface area contributed by atoms with Gasteiger partial charge in [0.25, 0.3) is 0 Å². The lowest BCUT2D eigenvalue weighted by molar-refractivity contribution is 0.0375. The highest BCUT2D eigenvalue weighted by Crippen LogP contribution is 2.20. The fourth-order valence-electron chi connectivity index (χ4n) is 2.72. The lowest BCUT2D eigenvalue weighted by Gasteiger charge is -2.26. The number of hydrogen-bond donors (Lipinski definition) is 0. The number of hydrogen-bond acceptors (Lipinski definition) is 3. The van der Waals surface area contributed by atoms with Crippen LogP contribution < -0.4 is 0 Å². The average Bonchev–Trinajstić information content (AvgIpc) is 2.93. The van der Waals surface area contributed by atoms with Gasteiger partial charge in [0.05, 0.1) is 13.2 Å². The van der Waals surface area contributed by atoms with E-state index < -0.39 is 0 Å². The van der Waals surface area contributed by atoms with Gasteiger partial charge in [0, 0.05) is 22.8 Å². The molecule has 1 fully saturated rings. The first-order chi connectivity index (χ1) is 9.88. The van der Waals surface area contributed by atoms with Crippen molar-refractivity contribution in [2.45, 2.75) is 51.9 Å². The van der Waals surface area contributed by atoms with Crippen molar-refractivity contribution in [1.29, 1.82) is 0 Å². The van der Waals surface area contributed by atoms with Gasteiger partial charge >= 0.3 is 0 Å². The first-order valence-electron chi connectivity index (χ1n) is 8.26. The second kappa shape index (κ2) is 9.54. The zero-order valence-corrected chi connectivity index (χ0v) is 13.7. The molecule has 0 atom stereocenters. The Kier molecular flexibility index (Phi) is 7.63. The summed E-state index contributed by atoms with van der Waals surface area (Å²) in [6, 6.07) is 4.69. The first-order valence-corrected chi connectivity index (χ1v) is 9.08. The maximum absolute atomic E-state index is 5.38. The topological polar surface area (TPSA) is 12.5 Å². The number of morpholine rings is 1. The van der Waals surface area contributed by atoms with Gasteiger partial charge in [-0.2, -0.15) is 0 Å². The quantitative estimate of drug-likeness (QED) is 0.635. The van der Waals surface area contributed by atoms with Gasteiger partial charge in [0.1, 0.15) is 0 Å². The maximum atomic E-state index is 5.38. The SMILES string of the molecule is CCCCCCc1ccc(CCCN2CCOCC2)s1. The van der Waals surface area contributed by atoms with Crippen LogP contribution in [0.1, 0.15) is 48.8 Å². The molecule has 2 rings (SSSR count). The molecule has 3 heteroatoms. The van der Waals surface area contributed by atoms with Crippen LogP contribution in [0.5, 0.6) is 0 Å². The molecular formula is C17H29NOS. The largest absolute Gasteiger partial charge is 0.379 e. The van der Waals surface area contributed by atoms with Gasteiger partial charge in [-0.1, -0.05) is 26.2 Å². The van der Waals surface area contributed by atoms with E-state index in [0.717, 1.165) is 26.3 Å². The minimum absolute atomic E-state index is 0.918. The lowest BCUT2D eigenvalue weighted by Crippen LogP contribution is -2.36. The zero-order valence-electron chi connectivity index (χ0n) is 12.9. The van der Waals surface area contributed by atoms with E-state index in [1.807, 2.05) is 11.3 Å². The molecule has 2 nitrogen and oxygen atoms in total. The Balaban J connectivity index is 1.59. The van der Waals surface area contributed by atoms with Gasteiger partial charge in [-0.05, 0) is 44.4 Å². The molecule has 1 aliphatic heterocycles. The van der Waals surface area contributed by atoms with Gasteiger partial charge < -0.3 is 4.74 Å². The van der Waals surface area contributed by atoms with Crippen molar-refractivity contribution in [1.82, 2.24) is 4.90 Å². The summed E-state index contributed by atoms with van der Waals surface area (Å²) < 4.78 is 5.38. The van der Waals surface area contributed by atoms with Crippen molar-refractivity contribution in [3.8, 4) is 0 Å². The van der Waals surface area contributed by atoms with E-state index in [4.69, 9.17) is 4.74 Å². The third-order valence-electron chi connectivity index (χ3n) is 4.00. The zero-order chi connectivity index (χ0) is 14.0. The molecule has 1 saturated heterocycles. The van der Waals surface area contributed by atoms with Crippen LogP contribution in [-0.4, -0.2) is 37.7 Å². The first kappa shape index (κ1) is 16.0. The Morgan fingerprint density at radius 1 is 1.00 bits per heavy atom. The predicted molar refractivity (Wildman–Crippen MR) is 87.7 cm³/mol. The molecule has 0 aromatic carbocycles. The lowest BCUT2D eigenvalue weighted by atomic mass is 10.1. The van der Waals surface area contributed by atoms with Crippen LogP contribution in [0.15, 0.2) is 12.1 Å². The van der Waals surface area contributed by atoms with Crippen LogP contribution in [0.25, 0.3) is 0 Å². The summed E-state index contributed by atoms with van der Waals surface area (Å²) in [5.74, 6) is 0. The van der Waals surface area contributed by atoms with Crippen LogP contribution in [0.3, 0.4) is 0 Å². The maximum Gasteiger partial charge on any atom is 0.0594 e. The average molecular weight is 295 g/mol. The van der Waals surface area contributed by atoms with Crippen molar-refractivity contribution in [3.05, 3.63) is 21.9 Å². The minimum Gasteiger partial charge on any atom is -0.379 e. The van der Waals surface area contributed by atoms with E-state index in [1.165, 1.54) is 51.5 Å². The van der Waals surface area contributed by atoms with Gasteiger partial charge in [0.15, 0.2) is 0 Å². The van der Waals surface area contributed by atoms with Crippen LogP contribution in [0.2, 0.25) is 0 Å². The summed E-state index contributed by atoms with van der Waals surface area (Å²) in [5, 5.41) is 0. The van der Waals surface area contributed by atoms with E-state index in [0.29, 0.717) is 0 Å². The van der Waals surface area contributed by atoms with Crippen molar-refractivity contribution in [3.63, 3.8) is 0 Å². The Hall–Kier alpha value is -0.380. The summed E-state index contributed by atoms with van der Waals surface area (Å²) in [6.07, 6.45) is 9.29. The molecule has 1 aliphatic rings. The third kappa shape index (κ3) is 5.94. The smallest absolute Gasteiger partial charge is 0.0594 e. The van der Waals surface area contributed by atoms with Crippen LogP contribution in [0, 0.1) is 0 Å². The van der Waals surface area contributed by atoms with E-state index in [-0.39, 0.29) is 0 Å². The molecule has 20 heavy (non-hydrogen) atoms. The summed E-state index contributed by atoms with van der Waals surface area (Å²) in [7, 11) is 0. The van der Waals surface area contributed by atoms with Crippen LogP contribution >= 0.6 is 11.3 Å². The van der Waals surface area contributed by atoms with Gasteiger partial charge in [0.2, 0.25) is 0 Å². The third-order valence-corrected chi connectivity index (χ3v) is 5.20. The molecule has 1 aromatic rings. The van der Waals surface area contributed by atoms with E-state index in [9.17, 15) is 0 Å². The van der Waals surface area contributed by atoms with Crippen LogP contribution in [0.4, 0.5) is 0 Å². The highest BCUT2D eigenvalue weighted by Gasteiger charge is 2.09. The van der Waals surface area contributed by atoms with E-state index >= 15 is 0 Å². The summed E-state index contributed by atoms with van der Waals surface area (Å²) in [4.78, 5) is 5.69. The predicted octanol–water partition coefficient (Wildman–Crippen LogP) is 4.14. The Labute approximate surface area is 128 Å². The fraction of sp³-hybridized carbons (Fsp3) is 0.765. The molecule has 2 heterocycles. The van der Waals surface area contributed by atoms with E-state index in [1.54, 1.807) is 9.75 Å². The molecule has 114 valence electrons. The summed E-state index contributed by atoms with van der Waals surface area (Å²) in [5.41, 5.74) is 0. The van der Waals surface area contributed by atoms with Crippen molar-refractivity contribution < 1.29 is 4.74 Å². The second-order valence-corrected chi connectivity index (χ2v) is 6.99. The standard InChI is InChI=1S/C17H29NOS/c1-2-3-4-5-7-16-9-10-17(20-16)8-6-11-18-12-14-19-15-13-18/h9-10H,2-8,11-15H2,1H3. The highest BCUT2D eigenvalue weighted by molar-refractivity contribution is 7.11. The number of unbranched alkanes of at least 4 members (excludes halogenated alkanes) is 3. The number of aryl methyl sites for hydroxylation is 2. The Morgan fingerprint density at radius 2 is 1.70 bits per heavy atom. The van der Waals surface area contributed by atoms with Crippen molar-refractivity contribution in [2.75, 3.05) is 32.8 Å². The van der Waals surface area contributed by atoms with E-state index in [2.05, 4.69) is 24.0 Å². The number of rotatable bonds is 9. The minimum atomic E-state index is 0.918. The molecule has 0 aliphatic carbocycles. The Morgan fingerprint density at radius 3 is 2.40 bits per heavy atom. The van der Waals surface area contributed by atoms with Crippen LogP contribution in [-0.2, 0) is 17.6 Å². The molecule has 0 bridgehead atoms. The number of nitrogens with zero attached hydrogens (tertiary/aromatic N) is 1. The summed E-state index contributed by atoms with van der Waals surface area (Å²) in [6.45, 7) is 7.58. The van der Waals surface area contributed by atoms with Crippen molar-refractivity contribution >= 4 is 11.3 Å². The van der Waals surface area contributed by atoms with Crippen molar-refractivity contribution in [2.24, 2.45) is 0 Å². The normalized spacial score (nSPS) is 16.6. The molecule has 0 amide bonds. The molecule has 0 N–H and O–H groups in total. The number of ether oxygens (including phenoxy) is 1. The molecule has 0 saturated carbocycles. The molecular weight excluding hydrogens is 266 g/mol. The number of thiophene rings is 1. The Bertz CT molecular complexity index is 358. The van der Waals surface area contributed by atoms with Gasteiger partial charge in [-0.15, -0.1) is 11.3 Å². The monoisotopic (exact) mass is 295 g/mol.